The van der Waals surface area contributed by atoms with Crippen LogP contribution in [-0.4, -0.2) is 96.7 Å². The van der Waals surface area contributed by atoms with Crippen molar-refractivity contribution in [1.29, 1.82) is 0 Å². The molecule has 0 spiro atoms. The first-order chi connectivity index (χ1) is 42.5. The number of esters is 4. The van der Waals surface area contributed by atoms with E-state index in [2.05, 4.69) is 34.6 Å². The summed E-state index contributed by atoms with van der Waals surface area (Å²) in [7, 11) is -9.88. The Kier molecular flexibility index (Phi) is 61.1. The molecule has 0 aromatic heterocycles. The van der Waals surface area contributed by atoms with E-state index in [-0.39, 0.29) is 25.7 Å². The van der Waals surface area contributed by atoms with Gasteiger partial charge in [0.1, 0.15) is 19.3 Å². The molecule has 0 saturated carbocycles. The molecule has 0 aliphatic carbocycles. The quantitative estimate of drug-likeness (QED) is 0.0222. The lowest BCUT2D eigenvalue weighted by atomic mass is 10.0. The predicted molar refractivity (Wildman–Crippen MR) is 354 cm³/mol. The van der Waals surface area contributed by atoms with Gasteiger partial charge in [-0.15, -0.1) is 0 Å². The topological polar surface area (TPSA) is 237 Å². The van der Waals surface area contributed by atoms with Crippen molar-refractivity contribution in [2.45, 2.75) is 374 Å². The maximum atomic E-state index is 13.0. The number of hydrogen-bond donors (Lipinski definition) is 3. The van der Waals surface area contributed by atoms with Crippen LogP contribution in [0, 0.1) is 5.92 Å². The summed E-state index contributed by atoms with van der Waals surface area (Å²) in [6.07, 6.45) is 49.1. The Morgan fingerprint density at radius 2 is 0.523 bits per heavy atom. The van der Waals surface area contributed by atoms with Gasteiger partial charge in [-0.25, -0.2) is 9.13 Å². The van der Waals surface area contributed by atoms with Gasteiger partial charge in [0.25, 0.3) is 0 Å². The zero-order valence-corrected chi connectivity index (χ0v) is 58.6. The van der Waals surface area contributed by atoms with Crippen LogP contribution < -0.4 is 0 Å². The van der Waals surface area contributed by atoms with Gasteiger partial charge in [-0.2, -0.15) is 0 Å². The molecule has 0 radical (unpaired) electrons. The van der Waals surface area contributed by atoms with E-state index in [0.29, 0.717) is 25.7 Å². The monoisotopic (exact) mass is 1300 g/mol. The van der Waals surface area contributed by atoms with Gasteiger partial charge in [-0.05, 0) is 31.6 Å². The first kappa shape index (κ1) is 86.1. The van der Waals surface area contributed by atoms with Crippen molar-refractivity contribution in [3.63, 3.8) is 0 Å². The highest BCUT2D eigenvalue weighted by Gasteiger charge is 2.30. The number of aliphatic hydroxyl groups is 1. The van der Waals surface area contributed by atoms with Crippen molar-refractivity contribution in [2.75, 3.05) is 39.6 Å². The van der Waals surface area contributed by atoms with Gasteiger partial charge < -0.3 is 33.8 Å². The highest BCUT2D eigenvalue weighted by Crippen LogP contribution is 2.45. The van der Waals surface area contributed by atoms with Crippen molar-refractivity contribution < 1.29 is 80.2 Å². The molecule has 2 unspecified atom stereocenters. The number of phosphoric acid groups is 2. The molecule has 0 aromatic rings. The normalized spacial score (nSPS) is 14.1. The Labute approximate surface area is 537 Å². The van der Waals surface area contributed by atoms with Gasteiger partial charge in [0.15, 0.2) is 12.2 Å². The van der Waals surface area contributed by atoms with Gasteiger partial charge in [-0.3, -0.25) is 37.3 Å². The molecule has 0 saturated heterocycles. The predicted octanol–water partition coefficient (Wildman–Crippen LogP) is 19.7. The summed E-state index contributed by atoms with van der Waals surface area (Å²) in [6, 6.07) is 0. The van der Waals surface area contributed by atoms with Crippen LogP contribution >= 0.6 is 15.6 Å². The van der Waals surface area contributed by atoms with Crippen molar-refractivity contribution in [1.82, 2.24) is 0 Å². The molecule has 17 nitrogen and oxygen atoms in total. The van der Waals surface area contributed by atoms with Crippen LogP contribution in [0.15, 0.2) is 0 Å². The van der Waals surface area contributed by atoms with Crippen LogP contribution in [0.2, 0.25) is 0 Å². The highest BCUT2D eigenvalue weighted by atomic mass is 31.2. The molecule has 19 heteroatoms. The molecule has 0 heterocycles. The molecule has 3 N–H and O–H groups in total. The first-order valence-electron chi connectivity index (χ1n) is 36.1. The van der Waals surface area contributed by atoms with Gasteiger partial charge in [0.05, 0.1) is 26.4 Å². The summed E-state index contributed by atoms with van der Waals surface area (Å²) in [4.78, 5) is 72.1. The average molecular weight is 1300 g/mol. The number of hydrogen-bond acceptors (Lipinski definition) is 15. The number of phosphoric ester groups is 2. The van der Waals surface area contributed by atoms with E-state index in [4.69, 9.17) is 37.0 Å². The molecule has 0 rings (SSSR count). The van der Waals surface area contributed by atoms with Gasteiger partial charge >= 0.3 is 39.5 Å². The second-order valence-electron chi connectivity index (χ2n) is 25.4. The van der Waals surface area contributed by atoms with E-state index in [9.17, 15) is 43.2 Å². The SMILES string of the molecule is CCCCCCCCCCCCCCCCCCCC(=O)OC[C@H](COP(=O)(O)OC[C@@H](O)COP(=O)(O)OC[C@@H](COC(=O)CCCCCCC)OC(=O)CCCCCCCCCC)OC(=O)CCCCCCCCCCCCCCCCCC(C)C. The van der Waals surface area contributed by atoms with Crippen LogP contribution in [0.3, 0.4) is 0 Å². The second-order valence-corrected chi connectivity index (χ2v) is 28.3. The van der Waals surface area contributed by atoms with E-state index in [1.54, 1.807) is 0 Å². The fourth-order valence-corrected chi connectivity index (χ4v) is 12.0. The summed E-state index contributed by atoms with van der Waals surface area (Å²) >= 11 is 0. The lowest BCUT2D eigenvalue weighted by molar-refractivity contribution is -0.161. The Bertz CT molecular complexity index is 1700. The second kappa shape index (κ2) is 62.5. The molecule has 522 valence electrons. The largest absolute Gasteiger partial charge is 0.472 e. The fourth-order valence-electron chi connectivity index (χ4n) is 10.5. The minimum Gasteiger partial charge on any atom is -0.462 e. The third-order valence-corrected chi connectivity index (χ3v) is 17.9. The molecular weight excluding hydrogens is 1160 g/mol. The van der Waals surface area contributed by atoms with Crippen molar-refractivity contribution in [2.24, 2.45) is 5.92 Å². The maximum absolute atomic E-state index is 13.0. The Balaban J connectivity index is 5.12. The Morgan fingerprint density at radius 1 is 0.307 bits per heavy atom. The third-order valence-electron chi connectivity index (χ3n) is 16.0. The smallest absolute Gasteiger partial charge is 0.462 e. The lowest BCUT2D eigenvalue weighted by Crippen LogP contribution is -2.30. The van der Waals surface area contributed by atoms with Crippen LogP contribution in [0.4, 0.5) is 0 Å². The van der Waals surface area contributed by atoms with Gasteiger partial charge in [0, 0.05) is 25.7 Å². The van der Waals surface area contributed by atoms with E-state index >= 15 is 0 Å². The molecule has 0 aliphatic heterocycles. The fraction of sp³-hybridized carbons (Fsp3) is 0.942. The lowest BCUT2D eigenvalue weighted by Gasteiger charge is -2.21. The number of ether oxygens (including phenoxy) is 4. The third kappa shape index (κ3) is 62.8. The van der Waals surface area contributed by atoms with Crippen LogP contribution in [0.1, 0.15) is 356 Å². The molecule has 0 amide bonds. The zero-order chi connectivity index (χ0) is 64.9. The van der Waals surface area contributed by atoms with Crippen LogP contribution in [0.25, 0.3) is 0 Å². The summed E-state index contributed by atoms with van der Waals surface area (Å²) in [5, 5.41) is 10.5. The number of rotatable bonds is 69. The minimum atomic E-state index is -4.95. The van der Waals surface area contributed by atoms with E-state index in [0.717, 1.165) is 109 Å². The molecule has 5 atom stereocenters. The van der Waals surface area contributed by atoms with Crippen molar-refractivity contribution >= 4 is 39.5 Å². The van der Waals surface area contributed by atoms with Crippen molar-refractivity contribution in [3.05, 3.63) is 0 Å². The zero-order valence-electron chi connectivity index (χ0n) is 56.9. The molecule has 0 aliphatic rings. The van der Waals surface area contributed by atoms with Crippen molar-refractivity contribution in [3.8, 4) is 0 Å². The number of carbonyl (C=O) groups is 4. The number of carbonyl (C=O) groups excluding carboxylic acids is 4. The molecule has 0 bridgehead atoms. The molecule has 0 fully saturated rings. The van der Waals surface area contributed by atoms with E-state index < -0.39 is 97.5 Å². The molecule has 88 heavy (non-hydrogen) atoms. The standard InChI is InChI=1S/C69H134O17P2/c1-6-9-12-15-17-19-20-21-22-23-26-29-32-35-39-43-48-53-67(72)80-59-65(86-69(74)55-50-45-40-36-33-30-27-24-25-28-31-34-37-42-46-51-62(4)5)61-84-88(77,78)82-57-63(70)56-81-87(75,76)83-60-64(58-79-66(71)52-47-41-14-11-8-3)85-68(73)54-49-44-38-18-16-13-10-7-2/h62-65,70H,6-61H2,1-5H3,(H,75,76)(H,77,78)/t63-,64+,65+/m0/s1. The highest BCUT2D eigenvalue weighted by molar-refractivity contribution is 7.47. The molecule has 0 aromatic carbocycles. The summed E-state index contributed by atoms with van der Waals surface area (Å²) < 4.78 is 67.9. The summed E-state index contributed by atoms with van der Waals surface area (Å²) in [5.74, 6) is -1.34. The van der Waals surface area contributed by atoms with Crippen LogP contribution in [0.5, 0.6) is 0 Å². The van der Waals surface area contributed by atoms with E-state index in [1.165, 1.54) is 167 Å². The number of aliphatic hydroxyl groups excluding tert-OH is 1. The Hall–Kier alpha value is -1.94. The maximum Gasteiger partial charge on any atom is 0.472 e. The summed E-state index contributed by atoms with van der Waals surface area (Å²) in [6.45, 7) is 7.15. The average Bonchev–Trinajstić information content (AvgIpc) is 3.70. The number of unbranched alkanes of at least 4 members (excludes halogenated alkanes) is 41. The molecular formula is C69H134O17P2. The van der Waals surface area contributed by atoms with E-state index in [1.807, 2.05) is 0 Å². The minimum absolute atomic E-state index is 0.104. The van der Waals surface area contributed by atoms with Crippen LogP contribution in [-0.2, 0) is 65.4 Å². The van der Waals surface area contributed by atoms with Gasteiger partial charge in [-0.1, -0.05) is 304 Å². The Morgan fingerprint density at radius 3 is 0.773 bits per heavy atom. The first-order valence-corrected chi connectivity index (χ1v) is 39.1. The van der Waals surface area contributed by atoms with Gasteiger partial charge in [0.2, 0.25) is 0 Å². The summed E-state index contributed by atoms with van der Waals surface area (Å²) in [5.41, 5.74) is 0.